The van der Waals surface area contributed by atoms with E-state index in [0.29, 0.717) is 17.0 Å². The maximum absolute atomic E-state index is 12.7. The van der Waals surface area contributed by atoms with Crippen LogP contribution >= 0.6 is 0 Å². The van der Waals surface area contributed by atoms with E-state index in [9.17, 15) is 4.79 Å². The van der Waals surface area contributed by atoms with Gasteiger partial charge in [0.1, 0.15) is 5.56 Å². The van der Waals surface area contributed by atoms with E-state index < -0.39 is 0 Å². The molecular weight excluding hydrogens is 290 g/mol. The highest BCUT2D eigenvalue weighted by Gasteiger charge is 2.23. The van der Waals surface area contributed by atoms with Gasteiger partial charge in [-0.3, -0.25) is 9.78 Å². The third kappa shape index (κ3) is 2.70. The molecule has 0 aliphatic rings. The van der Waals surface area contributed by atoms with Crippen LogP contribution < -0.4 is 5.32 Å². The number of carbonyl (C=O) groups excluding carboxylic acids is 1. The summed E-state index contributed by atoms with van der Waals surface area (Å²) in [6, 6.07) is 7.67. The van der Waals surface area contributed by atoms with Crippen molar-refractivity contribution in [2.45, 2.75) is 33.6 Å². The van der Waals surface area contributed by atoms with Gasteiger partial charge in [-0.15, -0.1) is 0 Å². The predicted molar refractivity (Wildman–Crippen MR) is 89.8 cm³/mol. The zero-order chi connectivity index (χ0) is 16.6. The summed E-state index contributed by atoms with van der Waals surface area (Å²) in [7, 11) is 0. The van der Waals surface area contributed by atoms with Gasteiger partial charge in [0.05, 0.1) is 16.9 Å². The third-order valence-electron chi connectivity index (χ3n) is 3.86. The average Bonchev–Trinajstić information content (AvgIpc) is 2.92. The normalized spacial score (nSPS) is 11.2. The first-order valence-corrected chi connectivity index (χ1v) is 7.61. The molecule has 0 aliphatic carbocycles. The van der Waals surface area contributed by atoms with Crippen LogP contribution in [0.15, 0.2) is 35.0 Å². The van der Waals surface area contributed by atoms with Crippen LogP contribution in [0.2, 0.25) is 0 Å². The lowest BCUT2D eigenvalue weighted by Gasteiger charge is -2.10. The van der Waals surface area contributed by atoms with Gasteiger partial charge in [0.2, 0.25) is 0 Å². The molecule has 3 aromatic rings. The quantitative estimate of drug-likeness (QED) is 0.786. The molecule has 118 valence electrons. The van der Waals surface area contributed by atoms with Gasteiger partial charge in [0.25, 0.3) is 5.91 Å². The maximum Gasteiger partial charge on any atom is 0.261 e. The van der Waals surface area contributed by atoms with Crippen molar-refractivity contribution in [3.05, 3.63) is 53.0 Å². The summed E-state index contributed by atoms with van der Waals surface area (Å²) in [6.07, 6.45) is 1.75. The number of amides is 1. The molecule has 0 spiro atoms. The molecule has 0 aliphatic heterocycles. The van der Waals surface area contributed by atoms with Crippen LogP contribution in [0.5, 0.6) is 0 Å². The molecule has 0 saturated carbocycles. The fourth-order valence-corrected chi connectivity index (χ4v) is 2.67. The Hall–Kier alpha value is -2.69. The van der Waals surface area contributed by atoms with Gasteiger partial charge < -0.3 is 9.84 Å². The topological polar surface area (TPSA) is 68.0 Å². The fourth-order valence-electron chi connectivity index (χ4n) is 2.67. The number of benzene rings is 1. The van der Waals surface area contributed by atoms with Crippen LogP contribution in [0.4, 0.5) is 5.69 Å². The molecule has 1 N–H and O–H groups in total. The molecule has 0 saturated heterocycles. The summed E-state index contributed by atoms with van der Waals surface area (Å²) in [4.78, 5) is 17.1. The van der Waals surface area contributed by atoms with Crippen molar-refractivity contribution in [2.24, 2.45) is 0 Å². The summed E-state index contributed by atoms with van der Waals surface area (Å²) in [5, 5.41) is 7.82. The highest BCUT2D eigenvalue weighted by atomic mass is 16.5. The van der Waals surface area contributed by atoms with E-state index in [1.807, 2.05) is 45.0 Å². The van der Waals surface area contributed by atoms with Gasteiger partial charge >= 0.3 is 0 Å². The van der Waals surface area contributed by atoms with Gasteiger partial charge in [0.15, 0.2) is 5.76 Å². The van der Waals surface area contributed by atoms with E-state index in [1.165, 1.54) is 0 Å². The summed E-state index contributed by atoms with van der Waals surface area (Å²) in [6.45, 7) is 7.73. The number of anilines is 1. The summed E-state index contributed by atoms with van der Waals surface area (Å²) >= 11 is 0. The number of nitrogens with zero attached hydrogens (tertiary/aromatic N) is 2. The maximum atomic E-state index is 12.7. The first-order valence-electron chi connectivity index (χ1n) is 7.61. The Kier molecular flexibility index (Phi) is 3.86. The Morgan fingerprint density at radius 1 is 1.22 bits per heavy atom. The van der Waals surface area contributed by atoms with E-state index in [0.717, 1.165) is 22.2 Å². The Morgan fingerprint density at radius 3 is 2.74 bits per heavy atom. The standard InChI is InChI=1S/C18H19N3O2/c1-10(2)17-15(12(4)21-23-17)18(22)20-14-8-7-11(3)16-13(14)6-5-9-19-16/h5-10H,1-4H3,(H,20,22). The molecule has 0 fully saturated rings. The highest BCUT2D eigenvalue weighted by molar-refractivity contribution is 6.10. The molecule has 0 unspecified atom stereocenters. The molecule has 1 aromatic carbocycles. The Labute approximate surface area is 134 Å². The van der Waals surface area contributed by atoms with Gasteiger partial charge in [-0.25, -0.2) is 0 Å². The van der Waals surface area contributed by atoms with Crippen LogP contribution in [-0.2, 0) is 0 Å². The predicted octanol–water partition coefficient (Wildman–Crippen LogP) is 4.22. The molecular formula is C18H19N3O2. The molecule has 0 atom stereocenters. The molecule has 2 aromatic heterocycles. The smallest absolute Gasteiger partial charge is 0.261 e. The van der Waals surface area contributed by atoms with Crippen molar-refractivity contribution in [1.82, 2.24) is 10.1 Å². The zero-order valence-electron chi connectivity index (χ0n) is 13.7. The highest BCUT2D eigenvalue weighted by Crippen LogP contribution is 2.27. The third-order valence-corrected chi connectivity index (χ3v) is 3.86. The summed E-state index contributed by atoms with van der Waals surface area (Å²) in [5.41, 5.74) is 3.80. The molecule has 3 rings (SSSR count). The Morgan fingerprint density at radius 2 is 2.00 bits per heavy atom. The van der Waals surface area contributed by atoms with E-state index >= 15 is 0 Å². The van der Waals surface area contributed by atoms with Crippen molar-refractivity contribution in [1.29, 1.82) is 0 Å². The van der Waals surface area contributed by atoms with Gasteiger partial charge in [-0.1, -0.05) is 25.1 Å². The minimum Gasteiger partial charge on any atom is -0.360 e. The summed E-state index contributed by atoms with van der Waals surface area (Å²) < 4.78 is 5.30. The molecule has 5 nitrogen and oxygen atoms in total. The van der Waals surface area contributed by atoms with Crippen molar-refractivity contribution in [2.75, 3.05) is 5.32 Å². The second-order valence-corrected chi connectivity index (χ2v) is 5.95. The van der Waals surface area contributed by atoms with Crippen LogP contribution in [0, 0.1) is 13.8 Å². The van der Waals surface area contributed by atoms with Gasteiger partial charge in [0, 0.05) is 17.5 Å². The fraction of sp³-hybridized carbons (Fsp3) is 0.278. The second-order valence-electron chi connectivity index (χ2n) is 5.95. The van der Waals surface area contributed by atoms with Crippen molar-refractivity contribution in [3.63, 3.8) is 0 Å². The molecule has 0 bridgehead atoms. The minimum absolute atomic E-state index is 0.0911. The van der Waals surface area contributed by atoms with Crippen LogP contribution in [0.1, 0.15) is 47.1 Å². The second kappa shape index (κ2) is 5.83. The number of nitrogens with one attached hydrogen (secondary N) is 1. The molecule has 2 heterocycles. The lowest BCUT2D eigenvalue weighted by molar-refractivity contribution is 0.102. The van der Waals surface area contributed by atoms with E-state index in [2.05, 4.69) is 15.5 Å². The zero-order valence-corrected chi connectivity index (χ0v) is 13.7. The lowest BCUT2D eigenvalue weighted by Crippen LogP contribution is -2.15. The largest absolute Gasteiger partial charge is 0.360 e. The monoisotopic (exact) mass is 309 g/mol. The van der Waals surface area contributed by atoms with Crippen LogP contribution in [0.3, 0.4) is 0 Å². The number of hydrogen-bond donors (Lipinski definition) is 1. The van der Waals surface area contributed by atoms with E-state index in [4.69, 9.17) is 4.52 Å². The number of carbonyl (C=O) groups is 1. The number of pyridine rings is 1. The molecule has 5 heteroatoms. The van der Waals surface area contributed by atoms with Gasteiger partial charge in [-0.2, -0.15) is 0 Å². The first-order chi connectivity index (χ1) is 11.0. The number of rotatable bonds is 3. The first kappa shape index (κ1) is 15.2. The molecule has 1 amide bonds. The Balaban J connectivity index is 2.02. The molecule has 23 heavy (non-hydrogen) atoms. The van der Waals surface area contributed by atoms with E-state index in [1.54, 1.807) is 13.1 Å². The lowest BCUT2D eigenvalue weighted by atomic mass is 10.0. The summed E-state index contributed by atoms with van der Waals surface area (Å²) in [5.74, 6) is 0.490. The number of fused-ring (bicyclic) bond motifs is 1. The van der Waals surface area contributed by atoms with Crippen molar-refractivity contribution >= 4 is 22.5 Å². The van der Waals surface area contributed by atoms with Crippen LogP contribution in [0.25, 0.3) is 10.9 Å². The minimum atomic E-state index is -0.207. The van der Waals surface area contributed by atoms with Crippen LogP contribution in [-0.4, -0.2) is 16.0 Å². The van der Waals surface area contributed by atoms with E-state index in [-0.39, 0.29) is 11.8 Å². The number of aryl methyl sites for hydroxylation is 2. The number of aromatic nitrogens is 2. The SMILES string of the molecule is Cc1noc(C(C)C)c1C(=O)Nc1ccc(C)c2ncccc12. The number of hydrogen-bond acceptors (Lipinski definition) is 4. The Bertz CT molecular complexity index is 881. The van der Waals surface area contributed by atoms with Crippen molar-refractivity contribution in [3.8, 4) is 0 Å². The van der Waals surface area contributed by atoms with Gasteiger partial charge in [-0.05, 0) is 37.6 Å². The molecule has 0 radical (unpaired) electrons. The average molecular weight is 309 g/mol. The van der Waals surface area contributed by atoms with Crippen molar-refractivity contribution < 1.29 is 9.32 Å².